The normalized spacial score (nSPS) is 13.8. The zero-order valence-electron chi connectivity index (χ0n) is 15.8. The van der Waals surface area contributed by atoms with Crippen LogP contribution in [0.25, 0.3) is 0 Å². The van der Waals surface area contributed by atoms with Gasteiger partial charge in [-0.2, -0.15) is 4.98 Å². The van der Waals surface area contributed by atoms with E-state index in [1.807, 2.05) is 36.4 Å². The van der Waals surface area contributed by atoms with E-state index in [9.17, 15) is 4.79 Å². The number of nitrogen functional groups attached to an aromatic ring is 1. The zero-order valence-corrected chi connectivity index (χ0v) is 17.5. The molecule has 2 heterocycles. The molecule has 0 atom stereocenters. The number of piperazine rings is 1. The van der Waals surface area contributed by atoms with E-state index in [2.05, 4.69) is 20.1 Å². The maximum absolute atomic E-state index is 12.1. The lowest BCUT2D eigenvalue weighted by Gasteiger charge is -2.35. The van der Waals surface area contributed by atoms with Crippen LogP contribution < -0.4 is 20.7 Å². The number of ether oxygens (including phenoxy) is 1. The highest BCUT2D eigenvalue weighted by molar-refractivity contribution is 5.93. The zero-order chi connectivity index (χ0) is 18.4. The summed E-state index contributed by atoms with van der Waals surface area (Å²) in [5.41, 5.74) is 7.11. The van der Waals surface area contributed by atoms with E-state index < -0.39 is 0 Å². The molecule has 28 heavy (non-hydrogen) atoms. The molecule has 9 heteroatoms. The molecule has 1 amide bonds. The van der Waals surface area contributed by atoms with Gasteiger partial charge >= 0.3 is 0 Å². The number of hydrogen-bond acceptors (Lipinski definition) is 6. The van der Waals surface area contributed by atoms with Gasteiger partial charge in [0.2, 0.25) is 11.8 Å². The molecular weight excluding hydrogens is 401 g/mol. The molecule has 0 bridgehead atoms. The van der Waals surface area contributed by atoms with Crippen molar-refractivity contribution in [2.45, 2.75) is 6.42 Å². The van der Waals surface area contributed by atoms with Crippen molar-refractivity contribution in [2.24, 2.45) is 0 Å². The summed E-state index contributed by atoms with van der Waals surface area (Å²) in [5, 5.41) is 2.87. The smallest absolute Gasteiger partial charge is 0.225 e. The highest BCUT2D eigenvalue weighted by Crippen LogP contribution is 2.18. The molecule has 1 aliphatic rings. The summed E-state index contributed by atoms with van der Waals surface area (Å²) in [6.45, 7) is 4.30. The lowest BCUT2D eigenvalue weighted by molar-refractivity contribution is -0.116. The number of aromatic nitrogens is 1. The van der Waals surface area contributed by atoms with Gasteiger partial charge in [-0.15, -0.1) is 24.8 Å². The van der Waals surface area contributed by atoms with Crippen LogP contribution in [0.2, 0.25) is 0 Å². The maximum atomic E-state index is 12.1. The molecule has 154 valence electrons. The summed E-state index contributed by atoms with van der Waals surface area (Å²) in [5.74, 6) is 1.54. The standard InChI is InChI=1S/C19H25N5O2.2ClH/c1-26-19-8-4-7-17(22-19)24-13-11-23(12-14-24)10-9-18(25)21-16-6-3-2-5-15(16)20;;/h2-8H,9-14,20H2,1H3,(H,21,25);2*1H. The second-order valence-corrected chi connectivity index (χ2v) is 6.25. The monoisotopic (exact) mass is 427 g/mol. The number of nitrogens with one attached hydrogen (secondary N) is 1. The summed E-state index contributed by atoms with van der Waals surface area (Å²) in [7, 11) is 1.62. The number of hydrogen-bond donors (Lipinski definition) is 2. The summed E-state index contributed by atoms with van der Waals surface area (Å²) < 4.78 is 5.19. The highest BCUT2D eigenvalue weighted by Gasteiger charge is 2.19. The van der Waals surface area contributed by atoms with Crippen molar-refractivity contribution in [3.05, 3.63) is 42.5 Å². The minimum absolute atomic E-state index is 0. The van der Waals surface area contributed by atoms with Gasteiger partial charge in [-0.05, 0) is 18.2 Å². The van der Waals surface area contributed by atoms with Crippen molar-refractivity contribution < 1.29 is 9.53 Å². The molecule has 1 aromatic carbocycles. The molecule has 7 nitrogen and oxygen atoms in total. The van der Waals surface area contributed by atoms with Gasteiger partial charge < -0.3 is 20.7 Å². The van der Waals surface area contributed by atoms with Crippen molar-refractivity contribution in [2.75, 3.05) is 55.8 Å². The van der Waals surface area contributed by atoms with Crippen LogP contribution in [-0.2, 0) is 4.79 Å². The summed E-state index contributed by atoms with van der Waals surface area (Å²) in [6, 6.07) is 13.1. The van der Waals surface area contributed by atoms with Gasteiger partial charge in [0.05, 0.1) is 18.5 Å². The number of pyridine rings is 1. The molecule has 3 N–H and O–H groups in total. The van der Waals surface area contributed by atoms with E-state index >= 15 is 0 Å². The van der Waals surface area contributed by atoms with Gasteiger partial charge in [0.1, 0.15) is 5.82 Å². The summed E-state index contributed by atoms with van der Waals surface area (Å²) in [4.78, 5) is 21.2. The quantitative estimate of drug-likeness (QED) is 0.689. The molecule has 0 saturated carbocycles. The Morgan fingerprint density at radius 3 is 2.50 bits per heavy atom. The SMILES string of the molecule is COc1cccc(N2CCN(CCC(=O)Nc3ccccc3N)CC2)n1.Cl.Cl. The molecule has 0 aliphatic carbocycles. The van der Waals surface area contributed by atoms with E-state index in [-0.39, 0.29) is 30.7 Å². The minimum atomic E-state index is -0.0141. The Kier molecular flexibility index (Phi) is 9.85. The molecule has 3 rings (SSSR count). The first kappa shape index (κ1) is 23.8. The summed E-state index contributed by atoms with van der Waals surface area (Å²) >= 11 is 0. The molecule has 1 fully saturated rings. The number of anilines is 3. The van der Waals surface area contributed by atoms with Crippen LogP contribution in [0, 0.1) is 0 Å². The Labute approximate surface area is 178 Å². The molecule has 0 unspecified atom stereocenters. The Hall–Kier alpha value is -2.22. The van der Waals surface area contributed by atoms with E-state index in [0.29, 0.717) is 23.7 Å². The number of methoxy groups -OCH3 is 1. The molecule has 0 spiro atoms. The van der Waals surface area contributed by atoms with Gasteiger partial charge in [0, 0.05) is 45.2 Å². The van der Waals surface area contributed by atoms with E-state index in [1.54, 1.807) is 13.2 Å². The number of rotatable bonds is 6. The fraction of sp³-hybridized carbons (Fsp3) is 0.368. The lowest BCUT2D eigenvalue weighted by atomic mass is 10.2. The maximum Gasteiger partial charge on any atom is 0.225 e. The van der Waals surface area contributed by atoms with Gasteiger partial charge in [-0.3, -0.25) is 9.69 Å². The molecule has 1 aromatic heterocycles. The highest BCUT2D eigenvalue weighted by atomic mass is 35.5. The number of benzene rings is 1. The number of carbonyl (C=O) groups is 1. The van der Waals surface area contributed by atoms with Gasteiger partial charge in [-0.25, -0.2) is 0 Å². The Balaban J connectivity index is 0.00000196. The number of para-hydroxylation sites is 2. The van der Waals surface area contributed by atoms with Crippen molar-refractivity contribution >= 4 is 47.9 Å². The number of carbonyl (C=O) groups excluding carboxylic acids is 1. The van der Waals surface area contributed by atoms with Gasteiger partial charge in [0.15, 0.2) is 0 Å². The molecule has 1 saturated heterocycles. The number of amides is 1. The lowest BCUT2D eigenvalue weighted by Crippen LogP contribution is -2.47. The first-order valence-corrected chi connectivity index (χ1v) is 8.78. The van der Waals surface area contributed by atoms with Crippen LogP contribution in [0.15, 0.2) is 42.5 Å². The second-order valence-electron chi connectivity index (χ2n) is 6.25. The first-order valence-electron chi connectivity index (χ1n) is 8.78. The van der Waals surface area contributed by atoms with E-state index in [0.717, 1.165) is 38.5 Å². The number of nitrogens with zero attached hydrogens (tertiary/aromatic N) is 3. The van der Waals surface area contributed by atoms with Crippen LogP contribution in [0.4, 0.5) is 17.2 Å². The van der Waals surface area contributed by atoms with E-state index in [1.165, 1.54) is 0 Å². The Bertz CT molecular complexity index is 755. The fourth-order valence-corrected chi connectivity index (χ4v) is 2.98. The Morgan fingerprint density at radius 1 is 1.11 bits per heavy atom. The average Bonchev–Trinajstić information content (AvgIpc) is 2.68. The second kappa shape index (κ2) is 11.6. The first-order chi connectivity index (χ1) is 12.7. The third-order valence-corrected chi connectivity index (χ3v) is 4.50. The van der Waals surface area contributed by atoms with Gasteiger partial charge in [-0.1, -0.05) is 18.2 Å². The molecule has 0 radical (unpaired) electrons. The van der Waals surface area contributed by atoms with Crippen LogP contribution in [0.3, 0.4) is 0 Å². The number of nitrogens with two attached hydrogens (primary N) is 1. The van der Waals surface area contributed by atoms with Crippen molar-refractivity contribution in [3.8, 4) is 5.88 Å². The largest absolute Gasteiger partial charge is 0.481 e. The molecule has 2 aromatic rings. The third kappa shape index (κ3) is 6.44. The van der Waals surface area contributed by atoms with Crippen LogP contribution >= 0.6 is 24.8 Å². The third-order valence-electron chi connectivity index (χ3n) is 4.50. The van der Waals surface area contributed by atoms with Crippen LogP contribution in [0.5, 0.6) is 5.88 Å². The predicted octanol–water partition coefficient (Wildman–Crippen LogP) is 2.67. The minimum Gasteiger partial charge on any atom is -0.481 e. The summed E-state index contributed by atoms with van der Waals surface area (Å²) in [6.07, 6.45) is 0.450. The Morgan fingerprint density at radius 2 is 1.82 bits per heavy atom. The van der Waals surface area contributed by atoms with Crippen molar-refractivity contribution in [1.82, 2.24) is 9.88 Å². The average molecular weight is 428 g/mol. The predicted molar refractivity (Wildman–Crippen MR) is 118 cm³/mol. The molecule has 1 aliphatic heterocycles. The van der Waals surface area contributed by atoms with Crippen molar-refractivity contribution in [3.63, 3.8) is 0 Å². The van der Waals surface area contributed by atoms with Crippen molar-refractivity contribution in [1.29, 1.82) is 0 Å². The molecular formula is C19H27Cl2N5O2. The fourth-order valence-electron chi connectivity index (χ4n) is 2.98. The van der Waals surface area contributed by atoms with Crippen LogP contribution in [-0.4, -0.2) is 55.6 Å². The van der Waals surface area contributed by atoms with E-state index in [4.69, 9.17) is 10.5 Å². The number of halogens is 2. The van der Waals surface area contributed by atoms with Crippen LogP contribution in [0.1, 0.15) is 6.42 Å². The van der Waals surface area contributed by atoms with Gasteiger partial charge in [0.25, 0.3) is 0 Å². The topological polar surface area (TPSA) is 83.7 Å².